The van der Waals surface area contributed by atoms with Crippen molar-refractivity contribution >= 4 is 23.5 Å². The average Bonchev–Trinajstić information content (AvgIpc) is 3.08. The van der Waals surface area contributed by atoms with Crippen LogP contribution in [0.1, 0.15) is 19.8 Å². The molecule has 0 spiro atoms. The molecule has 1 heterocycles. The Balaban J connectivity index is 2.17. The molecule has 88 valence electrons. The van der Waals surface area contributed by atoms with Gasteiger partial charge in [0.25, 0.3) is 0 Å². The zero-order chi connectivity index (χ0) is 11.5. The highest BCUT2D eigenvalue weighted by Gasteiger charge is 2.25. The third-order valence-corrected chi connectivity index (χ3v) is 2.83. The van der Waals surface area contributed by atoms with Crippen LogP contribution in [0, 0.1) is 5.92 Å². The summed E-state index contributed by atoms with van der Waals surface area (Å²) in [4.78, 5) is 14.6. The van der Waals surface area contributed by atoms with Gasteiger partial charge >= 0.3 is 0 Å². The third kappa shape index (κ3) is 2.72. The highest BCUT2D eigenvalue weighted by molar-refractivity contribution is 6.28. The van der Waals surface area contributed by atoms with Gasteiger partial charge in [0.1, 0.15) is 0 Å². The maximum Gasteiger partial charge on any atom is 0.231 e. The van der Waals surface area contributed by atoms with Crippen molar-refractivity contribution in [3.63, 3.8) is 0 Å². The molecule has 16 heavy (non-hydrogen) atoms. The van der Waals surface area contributed by atoms with Gasteiger partial charge in [0, 0.05) is 20.1 Å². The van der Waals surface area contributed by atoms with E-state index in [1.165, 1.54) is 12.8 Å². The summed E-state index contributed by atoms with van der Waals surface area (Å²) in [6, 6.07) is 0. The van der Waals surface area contributed by atoms with E-state index in [1.807, 2.05) is 0 Å². The lowest BCUT2D eigenvalue weighted by molar-refractivity contribution is 0.717. The van der Waals surface area contributed by atoms with Crippen molar-refractivity contribution in [1.82, 2.24) is 15.0 Å². The standard InChI is InChI=1S/C10H16ClN5/c1-3-16(6-7-4-5-7)10-14-8(11)13-9(12-2)15-10/h7H,3-6H2,1-2H3,(H,12,13,14,15). The third-order valence-electron chi connectivity index (χ3n) is 2.66. The van der Waals surface area contributed by atoms with Crippen LogP contribution in [0.25, 0.3) is 0 Å². The van der Waals surface area contributed by atoms with Crippen LogP contribution in [0.2, 0.25) is 5.28 Å². The molecule has 1 aliphatic rings. The Labute approximate surface area is 100 Å². The SMILES string of the molecule is CCN(CC1CC1)c1nc(Cl)nc(NC)n1. The van der Waals surface area contributed by atoms with Gasteiger partial charge in [-0.2, -0.15) is 15.0 Å². The van der Waals surface area contributed by atoms with E-state index in [-0.39, 0.29) is 5.28 Å². The number of hydrogen-bond donors (Lipinski definition) is 1. The normalized spacial score (nSPS) is 14.9. The molecule has 5 nitrogen and oxygen atoms in total. The highest BCUT2D eigenvalue weighted by Crippen LogP contribution is 2.30. The van der Waals surface area contributed by atoms with E-state index in [2.05, 4.69) is 32.1 Å². The summed E-state index contributed by atoms with van der Waals surface area (Å²) in [6.07, 6.45) is 2.63. The largest absolute Gasteiger partial charge is 0.357 e. The molecule has 0 radical (unpaired) electrons. The number of anilines is 2. The number of halogens is 1. The Bertz CT molecular complexity index is 366. The quantitative estimate of drug-likeness (QED) is 0.852. The van der Waals surface area contributed by atoms with Gasteiger partial charge in [-0.3, -0.25) is 0 Å². The number of hydrogen-bond acceptors (Lipinski definition) is 5. The Morgan fingerprint density at radius 3 is 2.69 bits per heavy atom. The lowest BCUT2D eigenvalue weighted by atomic mass is 10.4. The minimum absolute atomic E-state index is 0.239. The fraction of sp³-hybridized carbons (Fsp3) is 0.700. The molecule has 1 aromatic heterocycles. The summed E-state index contributed by atoms with van der Waals surface area (Å²) in [5.74, 6) is 1.98. The second kappa shape index (κ2) is 4.82. The first kappa shape index (κ1) is 11.4. The maximum absolute atomic E-state index is 5.85. The Hall–Kier alpha value is -1.10. The first-order valence-corrected chi connectivity index (χ1v) is 5.95. The van der Waals surface area contributed by atoms with Gasteiger partial charge in [-0.25, -0.2) is 0 Å². The summed E-state index contributed by atoms with van der Waals surface area (Å²) >= 11 is 5.85. The Morgan fingerprint density at radius 2 is 2.12 bits per heavy atom. The monoisotopic (exact) mass is 241 g/mol. The molecule has 6 heteroatoms. The molecule has 0 aromatic carbocycles. The van der Waals surface area contributed by atoms with Gasteiger partial charge in [0.15, 0.2) is 0 Å². The molecule has 0 amide bonds. The van der Waals surface area contributed by atoms with Crippen LogP contribution in [0.3, 0.4) is 0 Å². The van der Waals surface area contributed by atoms with Gasteiger partial charge in [0.2, 0.25) is 17.2 Å². The predicted octanol–water partition coefficient (Wildman–Crippen LogP) is 1.80. The van der Waals surface area contributed by atoms with E-state index >= 15 is 0 Å². The summed E-state index contributed by atoms with van der Waals surface area (Å²) in [5.41, 5.74) is 0. The van der Waals surface area contributed by atoms with Crippen molar-refractivity contribution in [2.45, 2.75) is 19.8 Å². The lowest BCUT2D eigenvalue weighted by Crippen LogP contribution is -2.27. The Morgan fingerprint density at radius 1 is 1.38 bits per heavy atom. The van der Waals surface area contributed by atoms with Crippen LogP contribution in [0.5, 0.6) is 0 Å². The van der Waals surface area contributed by atoms with Gasteiger partial charge in [-0.15, -0.1) is 0 Å². The van der Waals surface area contributed by atoms with Crippen molar-refractivity contribution in [3.8, 4) is 0 Å². The minimum Gasteiger partial charge on any atom is -0.357 e. The zero-order valence-electron chi connectivity index (χ0n) is 9.57. The van der Waals surface area contributed by atoms with Crippen molar-refractivity contribution in [3.05, 3.63) is 5.28 Å². The first-order chi connectivity index (χ1) is 7.72. The van der Waals surface area contributed by atoms with E-state index in [9.17, 15) is 0 Å². The van der Waals surface area contributed by atoms with E-state index < -0.39 is 0 Å². The zero-order valence-corrected chi connectivity index (χ0v) is 10.3. The summed E-state index contributed by atoms with van der Waals surface area (Å²) in [5, 5.41) is 3.12. The summed E-state index contributed by atoms with van der Waals surface area (Å²) in [7, 11) is 1.77. The van der Waals surface area contributed by atoms with Gasteiger partial charge in [-0.1, -0.05) is 0 Å². The lowest BCUT2D eigenvalue weighted by Gasteiger charge is -2.20. The van der Waals surface area contributed by atoms with Crippen molar-refractivity contribution in [2.75, 3.05) is 30.4 Å². The molecule has 1 fully saturated rings. The molecule has 2 rings (SSSR count). The van der Waals surface area contributed by atoms with Crippen LogP contribution in [0.4, 0.5) is 11.9 Å². The topological polar surface area (TPSA) is 53.9 Å². The molecule has 0 saturated heterocycles. The highest BCUT2D eigenvalue weighted by atomic mass is 35.5. The molecular weight excluding hydrogens is 226 g/mol. The van der Waals surface area contributed by atoms with E-state index in [0.29, 0.717) is 11.9 Å². The second-order valence-electron chi connectivity index (χ2n) is 3.96. The average molecular weight is 242 g/mol. The molecule has 0 bridgehead atoms. The number of nitrogens with zero attached hydrogens (tertiary/aromatic N) is 4. The van der Waals surface area contributed by atoms with Crippen molar-refractivity contribution in [1.29, 1.82) is 0 Å². The van der Waals surface area contributed by atoms with Crippen LogP contribution in [0.15, 0.2) is 0 Å². The summed E-state index contributed by atoms with van der Waals surface area (Å²) < 4.78 is 0. The maximum atomic E-state index is 5.85. The Kier molecular flexibility index (Phi) is 3.43. The van der Waals surface area contributed by atoms with Crippen LogP contribution in [-0.2, 0) is 0 Å². The van der Waals surface area contributed by atoms with Gasteiger partial charge in [0.05, 0.1) is 0 Å². The van der Waals surface area contributed by atoms with E-state index in [4.69, 9.17) is 11.6 Å². The minimum atomic E-state index is 0.239. The van der Waals surface area contributed by atoms with Crippen molar-refractivity contribution < 1.29 is 0 Å². The number of nitrogens with one attached hydrogen (secondary N) is 1. The molecule has 1 aliphatic carbocycles. The number of rotatable bonds is 5. The molecule has 0 unspecified atom stereocenters. The molecule has 1 aromatic rings. The van der Waals surface area contributed by atoms with Crippen LogP contribution in [-0.4, -0.2) is 35.1 Å². The predicted molar refractivity (Wildman–Crippen MR) is 65.0 cm³/mol. The summed E-state index contributed by atoms with van der Waals surface area (Å²) in [6.45, 7) is 4.00. The molecule has 0 aliphatic heterocycles. The molecule has 1 saturated carbocycles. The molecular formula is C10H16ClN5. The van der Waals surface area contributed by atoms with Gasteiger partial charge in [-0.05, 0) is 37.3 Å². The number of aromatic nitrogens is 3. The fourth-order valence-corrected chi connectivity index (χ4v) is 1.71. The van der Waals surface area contributed by atoms with E-state index in [0.717, 1.165) is 19.0 Å². The second-order valence-corrected chi connectivity index (χ2v) is 4.30. The van der Waals surface area contributed by atoms with Crippen LogP contribution >= 0.6 is 11.6 Å². The first-order valence-electron chi connectivity index (χ1n) is 5.57. The smallest absolute Gasteiger partial charge is 0.231 e. The molecule has 0 atom stereocenters. The molecule has 1 N–H and O–H groups in total. The fourth-order valence-electron chi connectivity index (χ4n) is 1.56. The van der Waals surface area contributed by atoms with Gasteiger partial charge < -0.3 is 10.2 Å². The van der Waals surface area contributed by atoms with Crippen molar-refractivity contribution in [2.24, 2.45) is 5.92 Å². The van der Waals surface area contributed by atoms with Crippen LogP contribution < -0.4 is 10.2 Å². The van der Waals surface area contributed by atoms with E-state index in [1.54, 1.807) is 7.05 Å².